The summed E-state index contributed by atoms with van der Waals surface area (Å²) in [7, 11) is 4.80. The normalized spacial score (nSPS) is 18.3. The van der Waals surface area contributed by atoms with Crippen LogP contribution >= 0.6 is 11.8 Å². The van der Waals surface area contributed by atoms with Crippen molar-refractivity contribution in [3.05, 3.63) is 17.7 Å². The van der Waals surface area contributed by atoms with Crippen molar-refractivity contribution in [2.24, 2.45) is 0 Å². The zero-order valence-corrected chi connectivity index (χ0v) is 13.0. The molecule has 1 heterocycles. The maximum Gasteiger partial charge on any atom is 0.233 e. The molecule has 0 bridgehead atoms. The summed E-state index contributed by atoms with van der Waals surface area (Å²) in [5.41, 5.74) is 0.933. The van der Waals surface area contributed by atoms with E-state index < -0.39 is 0 Å². The minimum Gasteiger partial charge on any atom is -0.496 e. The van der Waals surface area contributed by atoms with E-state index >= 15 is 0 Å². The lowest BCUT2D eigenvalue weighted by atomic mass is 10.1. The number of nitrogens with zero attached hydrogens (tertiary/aromatic N) is 1. The number of methoxy groups -OCH3 is 3. The fraction of sp³-hybridized carbons (Fsp3) is 0.500. The second kappa shape index (κ2) is 6.26. The number of amides is 1. The van der Waals surface area contributed by atoms with Crippen molar-refractivity contribution in [1.29, 1.82) is 0 Å². The highest BCUT2D eigenvalue weighted by Gasteiger charge is 2.34. The lowest BCUT2D eigenvalue weighted by Gasteiger charge is -2.25. The van der Waals surface area contributed by atoms with Crippen LogP contribution in [0.25, 0.3) is 0 Å². The lowest BCUT2D eigenvalue weighted by Crippen LogP contribution is -2.27. The van der Waals surface area contributed by atoms with Gasteiger partial charge in [-0.15, -0.1) is 11.8 Å². The highest BCUT2D eigenvalue weighted by Crippen LogP contribution is 2.46. The molecule has 6 heteroatoms. The lowest BCUT2D eigenvalue weighted by molar-refractivity contribution is -0.127. The van der Waals surface area contributed by atoms with Gasteiger partial charge in [-0.3, -0.25) is 4.79 Å². The van der Waals surface area contributed by atoms with Crippen molar-refractivity contribution in [2.45, 2.75) is 12.3 Å². The fourth-order valence-electron chi connectivity index (χ4n) is 2.30. The summed E-state index contributed by atoms with van der Waals surface area (Å²) in [6.45, 7) is 2.65. The van der Waals surface area contributed by atoms with E-state index in [1.54, 1.807) is 39.2 Å². The van der Waals surface area contributed by atoms with Gasteiger partial charge in [0.05, 0.1) is 27.1 Å². The molecule has 0 radical (unpaired) electrons. The number of rotatable bonds is 5. The van der Waals surface area contributed by atoms with Crippen molar-refractivity contribution >= 4 is 17.7 Å². The molecule has 1 amide bonds. The summed E-state index contributed by atoms with van der Waals surface area (Å²) >= 11 is 1.60. The Bertz CT molecular complexity index is 506. The van der Waals surface area contributed by atoms with Crippen molar-refractivity contribution < 1.29 is 19.0 Å². The Labute approximate surface area is 123 Å². The van der Waals surface area contributed by atoms with Gasteiger partial charge in [-0.05, 0) is 13.0 Å². The second-order valence-corrected chi connectivity index (χ2v) is 5.36. The molecule has 1 unspecified atom stereocenters. The van der Waals surface area contributed by atoms with Crippen LogP contribution in [0.2, 0.25) is 0 Å². The van der Waals surface area contributed by atoms with Crippen LogP contribution in [0.4, 0.5) is 0 Å². The molecule has 0 N–H and O–H groups in total. The van der Waals surface area contributed by atoms with Crippen LogP contribution in [-0.4, -0.2) is 44.4 Å². The minimum atomic E-state index is -0.0396. The highest BCUT2D eigenvalue weighted by atomic mass is 32.2. The summed E-state index contributed by atoms with van der Waals surface area (Å²) < 4.78 is 16.1. The Morgan fingerprint density at radius 1 is 1.15 bits per heavy atom. The molecule has 1 aromatic carbocycles. The van der Waals surface area contributed by atoms with Crippen LogP contribution in [0.3, 0.4) is 0 Å². The first-order chi connectivity index (χ1) is 9.65. The molecule has 2 rings (SSSR count). The monoisotopic (exact) mass is 297 g/mol. The number of hydrogen-bond acceptors (Lipinski definition) is 5. The molecule has 1 aliphatic rings. The van der Waals surface area contributed by atoms with E-state index in [2.05, 4.69) is 0 Å². The summed E-state index contributed by atoms with van der Waals surface area (Å²) in [5.74, 6) is 2.60. The SMILES string of the molecule is CCN1C(=O)CSC1c1cc(OC)c(OC)cc1OC. The van der Waals surface area contributed by atoms with Gasteiger partial charge in [0.25, 0.3) is 0 Å². The van der Waals surface area contributed by atoms with Crippen LogP contribution in [0, 0.1) is 0 Å². The van der Waals surface area contributed by atoms with Crippen LogP contribution in [0.15, 0.2) is 12.1 Å². The van der Waals surface area contributed by atoms with Gasteiger partial charge in [-0.25, -0.2) is 0 Å². The van der Waals surface area contributed by atoms with Crippen molar-refractivity contribution in [2.75, 3.05) is 33.6 Å². The van der Waals surface area contributed by atoms with Gasteiger partial charge >= 0.3 is 0 Å². The quantitative estimate of drug-likeness (QED) is 0.834. The van der Waals surface area contributed by atoms with E-state index in [4.69, 9.17) is 14.2 Å². The van der Waals surface area contributed by atoms with E-state index in [0.717, 1.165) is 5.56 Å². The Morgan fingerprint density at radius 2 is 1.75 bits per heavy atom. The van der Waals surface area contributed by atoms with E-state index in [1.807, 2.05) is 17.9 Å². The first-order valence-corrected chi connectivity index (χ1v) is 7.42. The Balaban J connectivity index is 2.47. The van der Waals surface area contributed by atoms with Crippen LogP contribution in [-0.2, 0) is 4.79 Å². The zero-order valence-electron chi connectivity index (χ0n) is 12.1. The third-order valence-electron chi connectivity index (χ3n) is 3.31. The molecule has 110 valence electrons. The predicted octanol–water partition coefficient (Wildman–Crippen LogP) is 2.31. The van der Waals surface area contributed by atoms with Crippen LogP contribution in [0.5, 0.6) is 17.2 Å². The molecule has 20 heavy (non-hydrogen) atoms. The Kier molecular flexibility index (Phi) is 4.65. The average Bonchev–Trinajstić information content (AvgIpc) is 2.86. The molecule has 0 aliphatic carbocycles. The van der Waals surface area contributed by atoms with Gasteiger partial charge in [0.15, 0.2) is 11.5 Å². The molecule has 1 aliphatic heterocycles. The number of ether oxygens (including phenoxy) is 3. The van der Waals surface area contributed by atoms with Crippen LogP contribution < -0.4 is 14.2 Å². The molecular formula is C14H19NO4S. The molecule has 1 saturated heterocycles. The second-order valence-electron chi connectivity index (χ2n) is 4.29. The molecular weight excluding hydrogens is 278 g/mol. The first kappa shape index (κ1) is 14.8. The zero-order chi connectivity index (χ0) is 14.7. The molecule has 5 nitrogen and oxygen atoms in total. The fourth-order valence-corrected chi connectivity index (χ4v) is 3.58. The summed E-state index contributed by atoms with van der Waals surface area (Å²) in [4.78, 5) is 13.7. The third kappa shape index (κ3) is 2.52. The molecule has 0 aromatic heterocycles. The molecule has 1 atom stereocenters. The maximum atomic E-state index is 11.9. The van der Waals surface area contributed by atoms with E-state index in [0.29, 0.717) is 29.5 Å². The van der Waals surface area contributed by atoms with Gasteiger partial charge in [0.1, 0.15) is 11.1 Å². The van der Waals surface area contributed by atoms with Gasteiger partial charge in [-0.1, -0.05) is 0 Å². The summed E-state index contributed by atoms with van der Waals surface area (Å²) in [6, 6.07) is 3.68. The molecule has 0 saturated carbocycles. The molecule has 1 fully saturated rings. The largest absolute Gasteiger partial charge is 0.496 e. The Morgan fingerprint density at radius 3 is 2.30 bits per heavy atom. The number of benzene rings is 1. The van der Waals surface area contributed by atoms with Gasteiger partial charge in [0, 0.05) is 18.2 Å². The van der Waals surface area contributed by atoms with Crippen molar-refractivity contribution in [3.8, 4) is 17.2 Å². The van der Waals surface area contributed by atoms with E-state index in [1.165, 1.54) is 0 Å². The number of carbonyl (C=O) groups is 1. The Hall–Kier alpha value is -1.56. The van der Waals surface area contributed by atoms with Crippen LogP contribution in [0.1, 0.15) is 17.9 Å². The van der Waals surface area contributed by atoms with Crippen molar-refractivity contribution in [1.82, 2.24) is 4.90 Å². The average molecular weight is 297 g/mol. The van der Waals surface area contributed by atoms with Crippen molar-refractivity contribution in [3.63, 3.8) is 0 Å². The third-order valence-corrected chi connectivity index (χ3v) is 4.55. The number of thioether (sulfide) groups is 1. The summed E-state index contributed by atoms with van der Waals surface area (Å²) in [6.07, 6.45) is 0. The van der Waals surface area contributed by atoms with E-state index in [9.17, 15) is 4.79 Å². The standard InChI is InChI=1S/C14H19NO4S/c1-5-15-13(16)8-20-14(15)9-6-11(18-3)12(19-4)7-10(9)17-2/h6-7,14H,5,8H2,1-4H3. The predicted molar refractivity (Wildman–Crippen MR) is 78.7 cm³/mol. The maximum absolute atomic E-state index is 11.9. The minimum absolute atomic E-state index is 0.0396. The smallest absolute Gasteiger partial charge is 0.233 e. The molecule has 1 aromatic rings. The topological polar surface area (TPSA) is 48.0 Å². The van der Waals surface area contributed by atoms with E-state index in [-0.39, 0.29) is 11.3 Å². The van der Waals surface area contributed by atoms with Gasteiger partial charge in [-0.2, -0.15) is 0 Å². The number of hydrogen-bond donors (Lipinski definition) is 0. The summed E-state index contributed by atoms with van der Waals surface area (Å²) in [5, 5.41) is -0.0396. The highest BCUT2D eigenvalue weighted by molar-refractivity contribution is 8.00. The first-order valence-electron chi connectivity index (χ1n) is 6.37. The number of carbonyl (C=O) groups excluding carboxylic acids is 1. The molecule has 0 spiro atoms. The van der Waals surface area contributed by atoms with Gasteiger partial charge < -0.3 is 19.1 Å². The van der Waals surface area contributed by atoms with Gasteiger partial charge in [0.2, 0.25) is 5.91 Å².